The highest BCUT2D eigenvalue weighted by Gasteiger charge is 2.23. The van der Waals surface area contributed by atoms with Gasteiger partial charge in [-0.1, -0.05) is 18.2 Å². The highest BCUT2D eigenvalue weighted by molar-refractivity contribution is 5.74. The third-order valence-corrected chi connectivity index (χ3v) is 5.63. The summed E-state index contributed by atoms with van der Waals surface area (Å²) in [6, 6.07) is 15.9. The second kappa shape index (κ2) is 12.0. The maximum absolute atomic E-state index is 12.2. The second-order valence-corrected chi connectivity index (χ2v) is 7.82. The molecule has 0 unspecified atom stereocenters. The van der Waals surface area contributed by atoms with Gasteiger partial charge in [0.1, 0.15) is 24.7 Å². The van der Waals surface area contributed by atoms with Crippen LogP contribution >= 0.6 is 0 Å². The molecule has 3 rings (SSSR count). The first-order valence-corrected chi connectivity index (χ1v) is 11.3. The fourth-order valence-electron chi connectivity index (χ4n) is 3.73. The number of hydrogen-bond donors (Lipinski definition) is 0. The van der Waals surface area contributed by atoms with Crippen molar-refractivity contribution in [3.05, 3.63) is 54.1 Å². The molecule has 1 aliphatic heterocycles. The number of carbonyl (C=O) groups excluding carboxylic acids is 2. The van der Waals surface area contributed by atoms with E-state index < -0.39 is 0 Å². The Labute approximate surface area is 195 Å². The SMILES string of the molecule is CCN(Cc1cccc(OCCOC(=O)N2CCN(C(C)=O)CC2)c1)c1cccc(OC)c1. The van der Waals surface area contributed by atoms with Gasteiger partial charge in [-0.2, -0.15) is 0 Å². The Morgan fingerprint density at radius 1 is 0.939 bits per heavy atom. The lowest BCUT2D eigenvalue weighted by atomic mass is 10.2. The van der Waals surface area contributed by atoms with E-state index in [-0.39, 0.29) is 25.2 Å². The smallest absolute Gasteiger partial charge is 0.410 e. The molecule has 0 bridgehead atoms. The molecule has 2 aromatic carbocycles. The standard InChI is InChI=1S/C25H33N3O5/c1-4-26(22-8-6-9-23(18-22)31-3)19-21-7-5-10-24(17-21)32-15-16-33-25(30)28-13-11-27(12-14-28)20(2)29/h5-10,17-18H,4,11-16,19H2,1-3H3. The Hall–Kier alpha value is -3.42. The molecule has 1 aliphatic rings. The summed E-state index contributed by atoms with van der Waals surface area (Å²) in [7, 11) is 1.67. The van der Waals surface area contributed by atoms with Crippen LogP contribution in [0, 0.1) is 0 Å². The molecule has 0 aliphatic carbocycles. The Balaban J connectivity index is 1.45. The zero-order valence-corrected chi connectivity index (χ0v) is 19.7. The maximum Gasteiger partial charge on any atom is 0.410 e. The van der Waals surface area contributed by atoms with Crippen LogP contribution in [0.3, 0.4) is 0 Å². The Kier molecular flexibility index (Phi) is 8.80. The number of ether oxygens (including phenoxy) is 3. The summed E-state index contributed by atoms with van der Waals surface area (Å²) in [5.41, 5.74) is 2.22. The Morgan fingerprint density at radius 2 is 1.64 bits per heavy atom. The molecule has 0 spiro atoms. The van der Waals surface area contributed by atoms with Gasteiger partial charge in [-0.05, 0) is 36.8 Å². The van der Waals surface area contributed by atoms with Crippen LogP contribution in [-0.4, -0.2) is 74.8 Å². The average Bonchev–Trinajstić information content (AvgIpc) is 2.85. The fourth-order valence-corrected chi connectivity index (χ4v) is 3.73. The number of nitrogens with zero attached hydrogens (tertiary/aromatic N) is 3. The van der Waals surface area contributed by atoms with Crippen molar-refractivity contribution in [2.24, 2.45) is 0 Å². The van der Waals surface area contributed by atoms with Crippen molar-refractivity contribution in [2.45, 2.75) is 20.4 Å². The van der Waals surface area contributed by atoms with Gasteiger partial charge in [0.2, 0.25) is 5.91 Å². The molecule has 0 aromatic heterocycles. The van der Waals surface area contributed by atoms with E-state index in [0.717, 1.165) is 35.8 Å². The predicted octanol–water partition coefficient (Wildman–Crippen LogP) is 3.40. The van der Waals surface area contributed by atoms with Crippen LogP contribution in [-0.2, 0) is 16.1 Å². The molecule has 8 heteroatoms. The van der Waals surface area contributed by atoms with Gasteiger partial charge in [-0.15, -0.1) is 0 Å². The van der Waals surface area contributed by atoms with Gasteiger partial charge in [-0.3, -0.25) is 4.79 Å². The van der Waals surface area contributed by atoms with Crippen molar-refractivity contribution in [1.82, 2.24) is 9.80 Å². The van der Waals surface area contributed by atoms with Crippen molar-refractivity contribution in [2.75, 3.05) is 57.9 Å². The predicted molar refractivity (Wildman–Crippen MR) is 127 cm³/mol. The van der Waals surface area contributed by atoms with Crippen LogP contribution in [0.15, 0.2) is 48.5 Å². The molecule has 178 valence electrons. The molecule has 2 aromatic rings. The molecule has 1 heterocycles. The molecule has 8 nitrogen and oxygen atoms in total. The molecular formula is C25H33N3O5. The molecular weight excluding hydrogens is 422 g/mol. The normalized spacial score (nSPS) is 13.4. The number of rotatable bonds is 9. The molecule has 0 saturated carbocycles. The maximum atomic E-state index is 12.2. The number of carbonyl (C=O) groups is 2. The third kappa shape index (κ3) is 7.03. The number of amides is 2. The van der Waals surface area contributed by atoms with Crippen LogP contribution in [0.4, 0.5) is 10.5 Å². The fraction of sp³-hybridized carbons (Fsp3) is 0.440. The van der Waals surface area contributed by atoms with Crippen LogP contribution in [0.1, 0.15) is 19.4 Å². The summed E-state index contributed by atoms with van der Waals surface area (Å²) >= 11 is 0. The van der Waals surface area contributed by atoms with Crippen LogP contribution in [0.5, 0.6) is 11.5 Å². The third-order valence-electron chi connectivity index (χ3n) is 5.63. The summed E-state index contributed by atoms with van der Waals surface area (Å²) in [6.07, 6.45) is -0.368. The van der Waals surface area contributed by atoms with Crippen LogP contribution in [0.25, 0.3) is 0 Å². The number of methoxy groups -OCH3 is 1. The summed E-state index contributed by atoms with van der Waals surface area (Å²) in [5, 5.41) is 0. The Morgan fingerprint density at radius 3 is 2.33 bits per heavy atom. The van der Waals surface area contributed by atoms with Crippen LogP contribution in [0.2, 0.25) is 0 Å². The minimum Gasteiger partial charge on any atom is -0.497 e. The van der Waals surface area contributed by atoms with E-state index >= 15 is 0 Å². The molecule has 33 heavy (non-hydrogen) atoms. The van der Waals surface area contributed by atoms with Gasteiger partial charge in [0.25, 0.3) is 0 Å². The number of piperazine rings is 1. The van der Waals surface area contributed by atoms with E-state index in [2.05, 4.69) is 24.0 Å². The summed E-state index contributed by atoms with van der Waals surface area (Å²) in [6.45, 7) is 7.75. The summed E-state index contributed by atoms with van der Waals surface area (Å²) < 4.78 is 16.5. The van der Waals surface area contributed by atoms with Crippen molar-refractivity contribution < 1.29 is 23.8 Å². The van der Waals surface area contributed by atoms with Crippen molar-refractivity contribution >= 4 is 17.7 Å². The molecule has 1 fully saturated rings. The van der Waals surface area contributed by atoms with Crippen molar-refractivity contribution in [1.29, 1.82) is 0 Å². The first-order chi connectivity index (χ1) is 16.0. The summed E-state index contributed by atoms with van der Waals surface area (Å²) in [5.74, 6) is 1.60. The van der Waals surface area contributed by atoms with E-state index in [1.165, 1.54) is 0 Å². The first kappa shape index (κ1) is 24.2. The second-order valence-electron chi connectivity index (χ2n) is 7.82. The van der Waals surface area contributed by atoms with E-state index in [0.29, 0.717) is 26.2 Å². The van der Waals surface area contributed by atoms with Crippen molar-refractivity contribution in [3.63, 3.8) is 0 Å². The molecule has 0 radical (unpaired) electrons. The molecule has 0 atom stereocenters. The Bertz CT molecular complexity index is 928. The molecule has 1 saturated heterocycles. The highest BCUT2D eigenvalue weighted by atomic mass is 16.6. The lowest BCUT2D eigenvalue weighted by Crippen LogP contribution is -2.50. The topological polar surface area (TPSA) is 71.6 Å². The first-order valence-electron chi connectivity index (χ1n) is 11.3. The van der Waals surface area contributed by atoms with Crippen LogP contribution < -0.4 is 14.4 Å². The lowest BCUT2D eigenvalue weighted by molar-refractivity contribution is -0.130. The number of hydrogen-bond acceptors (Lipinski definition) is 6. The van der Waals surface area contributed by atoms with E-state index in [9.17, 15) is 9.59 Å². The zero-order chi connectivity index (χ0) is 23.6. The number of anilines is 1. The van der Waals surface area contributed by atoms with Gasteiger partial charge in [-0.25, -0.2) is 4.79 Å². The van der Waals surface area contributed by atoms with Gasteiger partial charge in [0.05, 0.1) is 7.11 Å². The molecule has 2 amide bonds. The van der Waals surface area contributed by atoms with Gasteiger partial charge < -0.3 is 28.9 Å². The monoisotopic (exact) mass is 455 g/mol. The number of benzene rings is 2. The van der Waals surface area contributed by atoms with Crippen molar-refractivity contribution in [3.8, 4) is 11.5 Å². The van der Waals surface area contributed by atoms with Gasteiger partial charge in [0, 0.05) is 57.9 Å². The average molecular weight is 456 g/mol. The lowest BCUT2D eigenvalue weighted by Gasteiger charge is -2.33. The van der Waals surface area contributed by atoms with Gasteiger partial charge >= 0.3 is 6.09 Å². The quantitative estimate of drug-likeness (QED) is 0.540. The van der Waals surface area contributed by atoms with E-state index in [4.69, 9.17) is 14.2 Å². The zero-order valence-electron chi connectivity index (χ0n) is 19.7. The van der Waals surface area contributed by atoms with E-state index in [1.54, 1.807) is 23.8 Å². The van der Waals surface area contributed by atoms with E-state index in [1.807, 2.05) is 36.4 Å². The summed E-state index contributed by atoms with van der Waals surface area (Å²) in [4.78, 5) is 29.2. The highest BCUT2D eigenvalue weighted by Crippen LogP contribution is 2.23. The minimum absolute atomic E-state index is 0.0317. The van der Waals surface area contributed by atoms with Gasteiger partial charge in [0.15, 0.2) is 0 Å². The largest absolute Gasteiger partial charge is 0.497 e. The molecule has 0 N–H and O–H groups in total. The minimum atomic E-state index is -0.368.